The number of anilines is 2. The van der Waals surface area contributed by atoms with Crippen LogP contribution in [0.4, 0.5) is 11.4 Å². The number of Topliss-reactive ketones (excluding diaryl/α,β-unsaturated/α-hetero) is 1. The van der Waals surface area contributed by atoms with Crippen LogP contribution in [0, 0.1) is 13.8 Å². The summed E-state index contributed by atoms with van der Waals surface area (Å²) >= 11 is 6.12. The molecule has 0 atom stereocenters. The van der Waals surface area contributed by atoms with Crippen molar-refractivity contribution in [3.63, 3.8) is 0 Å². The third-order valence-electron chi connectivity index (χ3n) is 3.40. The second-order valence-electron chi connectivity index (χ2n) is 5.48. The first-order valence-corrected chi connectivity index (χ1v) is 7.66. The average molecular weight is 345 g/mol. The van der Waals surface area contributed by atoms with Crippen molar-refractivity contribution in [1.82, 2.24) is 0 Å². The van der Waals surface area contributed by atoms with Crippen LogP contribution in [0.15, 0.2) is 36.4 Å². The molecule has 0 aliphatic rings. The first-order chi connectivity index (χ1) is 11.3. The molecule has 0 bridgehead atoms. The molecule has 0 unspecified atom stereocenters. The number of nitrogens with one attached hydrogen (secondary N) is 2. The highest BCUT2D eigenvalue weighted by Gasteiger charge is 2.17. The predicted molar refractivity (Wildman–Crippen MR) is 94.6 cm³/mol. The summed E-state index contributed by atoms with van der Waals surface area (Å²) < 4.78 is 0. The zero-order valence-corrected chi connectivity index (χ0v) is 14.3. The van der Waals surface area contributed by atoms with E-state index in [1.54, 1.807) is 31.2 Å². The second kappa shape index (κ2) is 7.27. The Kier molecular flexibility index (Phi) is 5.36. The molecule has 2 rings (SSSR count). The molecule has 0 aliphatic carbocycles. The molecule has 0 aromatic heterocycles. The molecule has 24 heavy (non-hydrogen) atoms. The van der Waals surface area contributed by atoms with Crippen LogP contribution in [-0.4, -0.2) is 17.6 Å². The van der Waals surface area contributed by atoms with E-state index in [2.05, 4.69) is 10.6 Å². The first-order valence-electron chi connectivity index (χ1n) is 7.28. The zero-order valence-electron chi connectivity index (χ0n) is 13.6. The van der Waals surface area contributed by atoms with Crippen molar-refractivity contribution in [1.29, 1.82) is 0 Å². The molecule has 5 nitrogen and oxygen atoms in total. The summed E-state index contributed by atoms with van der Waals surface area (Å²) in [5, 5.41) is 5.34. The van der Waals surface area contributed by atoms with Gasteiger partial charge >= 0.3 is 11.8 Å². The number of carbonyl (C=O) groups is 3. The fraction of sp³-hybridized carbons (Fsp3) is 0.167. The van der Waals surface area contributed by atoms with E-state index in [1.807, 2.05) is 13.0 Å². The number of ketones is 1. The molecule has 124 valence electrons. The molecule has 0 heterocycles. The van der Waals surface area contributed by atoms with Gasteiger partial charge in [0.2, 0.25) is 0 Å². The highest BCUT2D eigenvalue weighted by molar-refractivity contribution is 6.45. The number of hydrogen-bond donors (Lipinski definition) is 2. The van der Waals surface area contributed by atoms with E-state index in [0.717, 1.165) is 11.1 Å². The van der Waals surface area contributed by atoms with E-state index in [9.17, 15) is 14.4 Å². The van der Waals surface area contributed by atoms with E-state index in [1.165, 1.54) is 13.0 Å². The van der Waals surface area contributed by atoms with E-state index in [-0.39, 0.29) is 5.78 Å². The van der Waals surface area contributed by atoms with Gasteiger partial charge in [-0.2, -0.15) is 0 Å². The van der Waals surface area contributed by atoms with Gasteiger partial charge in [0.1, 0.15) is 0 Å². The molecular formula is C18H17ClN2O3. The molecule has 0 radical (unpaired) electrons. The lowest BCUT2D eigenvalue weighted by Crippen LogP contribution is -2.29. The number of hydrogen-bond acceptors (Lipinski definition) is 3. The van der Waals surface area contributed by atoms with Crippen LogP contribution in [0.5, 0.6) is 0 Å². The Bertz CT molecular complexity index is 808. The highest BCUT2D eigenvalue weighted by Crippen LogP contribution is 2.27. The SMILES string of the molecule is CC(=O)c1cccc(NC(=O)C(=O)Nc2c(C)cc(C)cc2Cl)c1. The third kappa shape index (κ3) is 4.20. The minimum Gasteiger partial charge on any atom is -0.318 e. The minimum atomic E-state index is -0.841. The van der Waals surface area contributed by atoms with E-state index >= 15 is 0 Å². The maximum absolute atomic E-state index is 12.1. The predicted octanol–water partition coefficient (Wildman–Crippen LogP) is 3.74. The number of halogens is 1. The largest absolute Gasteiger partial charge is 0.318 e. The molecule has 0 saturated carbocycles. The molecule has 0 spiro atoms. The Labute approximate surface area is 145 Å². The normalized spacial score (nSPS) is 10.2. The fourth-order valence-corrected chi connectivity index (χ4v) is 2.62. The Morgan fingerprint density at radius 1 is 0.958 bits per heavy atom. The molecule has 0 fully saturated rings. The van der Waals surface area contributed by atoms with Crippen LogP contribution in [0.3, 0.4) is 0 Å². The summed E-state index contributed by atoms with van der Waals surface area (Å²) in [7, 11) is 0. The van der Waals surface area contributed by atoms with Crippen molar-refractivity contribution in [2.45, 2.75) is 20.8 Å². The van der Waals surface area contributed by atoms with Crippen LogP contribution >= 0.6 is 11.6 Å². The van der Waals surface area contributed by atoms with Crippen molar-refractivity contribution in [3.05, 3.63) is 58.1 Å². The van der Waals surface area contributed by atoms with Gasteiger partial charge in [0.25, 0.3) is 0 Å². The summed E-state index contributed by atoms with van der Waals surface area (Å²) in [5.41, 5.74) is 2.95. The Hall–Kier alpha value is -2.66. The van der Waals surface area contributed by atoms with Crippen molar-refractivity contribution in [2.24, 2.45) is 0 Å². The van der Waals surface area contributed by atoms with E-state index < -0.39 is 11.8 Å². The third-order valence-corrected chi connectivity index (χ3v) is 3.70. The topological polar surface area (TPSA) is 75.3 Å². The second-order valence-corrected chi connectivity index (χ2v) is 5.89. The summed E-state index contributed by atoms with van der Waals surface area (Å²) in [4.78, 5) is 35.5. The summed E-state index contributed by atoms with van der Waals surface area (Å²) in [6.07, 6.45) is 0. The molecule has 2 amide bonds. The number of benzene rings is 2. The maximum Gasteiger partial charge on any atom is 0.314 e. The van der Waals surface area contributed by atoms with Gasteiger partial charge in [-0.05, 0) is 50.1 Å². The molecule has 6 heteroatoms. The molecule has 0 saturated heterocycles. The van der Waals surface area contributed by atoms with Crippen molar-refractivity contribution in [3.8, 4) is 0 Å². The van der Waals surface area contributed by atoms with Gasteiger partial charge in [-0.3, -0.25) is 14.4 Å². The highest BCUT2D eigenvalue weighted by atomic mass is 35.5. The number of carbonyl (C=O) groups excluding carboxylic acids is 3. The summed E-state index contributed by atoms with van der Waals surface area (Å²) in [5.74, 6) is -1.80. The summed E-state index contributed by atoms with van der Waals surface area (Å²) in [6, 6.07) is 9.94. The lowest BCUT2D eigenvalue weighted by Gasteiger charge is -2.11. The molecule has 0 aliphatic heterocycles. The summed E-state index contributed by atoms with van der Waals surface area (Å²) in [6.45, 7) is 5.11. The van der Waals surface area contributed by atoms with Crippen molar-refractivity contribution < 1.29 is 14.4 Å². The first kappa shape index (κ1) is 17.7. The van der Waals surface area contributed by atoms with Gasteiger partial charge in [0.15, 0.2) is 5.78 Å². The lowest BCUT2D eigenvalue weighted by atomic mass is 10.1. The molecule has 2 N–H and O–H groups in total. The van der Waals surface area contributed by atoms with Gasteiger partial charge < -0.3 is 10.6 Å². The smallest absolute Gasteiger partial charge is 0.314 e. The quantitative estimate of drug-likeness (QED) is 0.658. The van der Waals surface area contributed by atoms with Gasteiger partial charge in [-0.25, -0.2) is 0 Å². The monoisotopic (exact) mass is 344 g/mol. The maximum atomic E-state index is 12.1. The number of aryl methyl sites for hydroxylation is 2. The van der Waals surface area contributed by atoms with Crippen molar-refractivity contribution >= 4 is 40.6 Å². The standard InChI is InChI=1S/C18H17ClN2O3/c1-10-7-11(2)16(15(19)8-10)21-18(24)17(23)20-14-6-4-5-13(9-14)12(3)22/h4-9H,1-3H3,(H,20,23)(H,21,24). The van der Waals surface area contributed by atoms with Crippen LogP contribution in [0.25, 0.3) is 0 Å². The molecule has 2 aromatic carbocycles. The Morgan fingerprint density at radius 3 is 2.25 bits per heavy atom. The van der Waals surface area contributed by atoms with Crippen LogP contribution in [0.2, 0.25) is 5.02 Å². The molecular weight excluding hydrogens is 328 g/mol. The average Bonchev–Trinajstić information content (AvgIpc) is 2.50. The van der Waals surface area contributed by atoms with Gasteiger partial charge in [-0.15, -0.1) is 0 Å². The van der Waals surface area contributed by atoms with E-state index in [4.69, 9.17) is 11.6 Å². The van der Waals surface area contributed by atoms with Crippen LogP contribution < -0.4 is 10.6 Å². The van der Waals surface area contributed by atoms with Gasteiger partial charge in [0.05, 0.1) is 10.7 Å². The molecule has 2 aromatic rings. The number of rotatable bonds is 3. The number of amides is 2. The Morgan fingerprint density at radius 2 is 1.62 bits per heavy atom. The van der Waals surface area contributed by atoms with Crippen LogP contribution in [0.1, 0.15) is 28.4 Å². The van der Waals surface area contributed by atoms with Crippen LogP contribution in [-0.2, 0) is 9.59 Å². The minimum absolute atomic E-state index is 0.127. The lowest BCUT2D eigenvalue weighted by molar-refractivity contribution is -0.133. The Balaban J connectivity index is 2.12. The fourth-order valence-electron chi connectivity index (χ4n) is 2.25. The zero-order chi connectivity index (χ0) is 17.9. The van der Waals surface area contributed by atoms with Gasteiger partial charge in [-0.1, -0.05) is 29.8 Å². The van der Waals surface area contributed by atoms with E-state index in [0.29, 0.717) is 22.0 Å². The van der Waals surface area contributed by atoms with Gasteiger partial charge in [0, 0.05) is 11.3 Å². The van der Waals surface area contributed by atoms with Crippen molar-refractivity contribution in [2.75, 3.05) is 10.6 Å².